The van der Waals surface area contributed by atoms with Crippen molar-refractivity contribution in [3.63, 3.8) is 0 Å². The predicted molar refractivity (Wildman–Crippen MR) is 60.5 cm³/mol. The summed E-state index contributed by atoms with van der Waals surface area (Å²) in [5.41, 5.74) is 7.49. The molecule has 0 bridgehead atoms. The lowest BCUT2D eigenvalue weighted by Crippen LogP contribution is -2.25. The highest BCUT2D eigenvalue weighted by molar-refractivity contribution is 5.96. The van der Waals surface area contributed by atoms with Crippen molar-refractivity contribution in [2.45, 2.75) is 0 Å². The number of rotatable bonds is 1. The Bertz CT molecular complexity index is 591. The lowest BCUT2D eigenvalue weighted by molar-refractivity contribution is -0.118. The SMILES string of the molecule is Nc1cc(-c2ccc3c(c2)NC(=O)CO3)no1. The molecule has 1 aromatic heterocycles. The van der Waals surface area contributed by atoms with E-state index in [1.54, 1.807) is 18.2 Å². The summed E-state index contributed by atoms with van der Waals surface area (Å²) in [6.07, 6.45) is 0. The Labute approximate surface area is 96.3 Å². The first-order chi connectivity index (χ1) is 8.22. The molecule has 86 valence electrons. The number of benzene rings is 1. The molecule has 17 heavy (non-hydrogen) atoms. The highest BCUT2D eigenvalue weighted by atomic mass is 16.5. The molecule has 2 aromatic rings. The molecule has 0 saturated carbocycles. The van der Waals surface area contributed by atoms with Gasteiger partial charge in [0, 0.05) is 11.6 Å². The molecular weight excluding hydrogens is 222 g/mol. The summed E-state index contributed by atoms with van der Waals surface area (Å²) in [5.74, 6) is 0.720. The van der Waals surface area contributed by atoms with Gasteiger partial charge in [0.05, 0.1) is 5.69 Å². The van der Waals surface area contributed by atoms with Crippen molar-refractivity contribution in [2.24, 2.45) is 0 Å². The van der Waals surface area contributed by atoms with E-state index in [4.69, 9.17) is 15.0 Å². The number of ether oxygens (including phenoxy) is 1. The summed E-state index contributed by atoms with van der Waals surface area (Å²) < 4.78 is 10.0. The fourth-order valence-corrected chi connectivity index (χ4v) is 1.67. The predicted octanol–water partition coefficient (Wildman–Crippen LogP) is 1.25. The number of nitrogens with one attached hydrogen (secondary N) is 1. The number of carbonyl (C=O) groups excluding carboxylic acids is 1. The van der Waals surface area contributed by atoms with Crippen LogP contribution in [0.4, 0.5) is 11.6 Å². The third-order valence-corrected chi connectivity index (χ3v) is 2.44. The minimum absolute atomic E-state index is 0.0449. The first-order valence-electron chi connectivity index (χ1n) is 5.01. The number of nitrogens with two attached hydrogens (primary N) is 1. The summed E-state index contributed by atoms with van der Waals surface area (Å²) in [6, 6.07) is 6.99. The van der Waals surface area contributed by atoms with Gasteiger partial charge in [-0.1, -0.05) is 5.16 Å². The first kappa shape index (κ1) is 9.71. The van der Waals surface area contributed by atoms with Crippen molar-refractivity contribution >= 4 is 17.5 Å². The molecule has 0 fully saturated rings. The molecule has 2 heterocycles. The van der Waals surface area contributed by atoms with E-state index < -0.39 is 0 Å². The lowest BCUT2D eigenvalue weighted by Gasteiger charge is -2.17. The number of hydrogen-bond acceptors (Lipinski definition) is 5. The molecule has 1 aliphatic heterocycles. The molecule has 0 atom stereocenters. The summed E-state index contributed by atoms with van der Waals surface area (Å²) in [6.45, 7) is 0.0449. The van der Waals surface area contributed by atoms with Crippen LogP contribution in [0, 0.1) is 0 Å². The van der Waals surface area contributed by atoms with Crippen LogP contribution >= 0.6 is 0 Å². The van der Waals surface area contributed by atoms with Crippen LogP contribution in [-0.4, -0.2) is 17.7 Å². The van der Waals surface area contributed by atoms with E-state index in [1.165, 1.54) is 0 Å². The smallest absolute Gasteiger partial charge is 0.262 e. The van der Waals surface area contributed by atoms with Crippen molar-refractivity contribution in [1.29, 1.82) is 0 Å². The van der Waals surface area contributed by atoms with Crippen molar-refractivity contribution in [1.82, 2.24) is 5.16 Å². The maximum atomic E-state index is 11.2. The van der Waals surface area contributed by atoms with Crippen LogP contribution in [0.25, 0.3) is 11.3 Å². The van der Waals surface area contributed by atoms with E-state index in [0.717, 1.165) is 5.56 Å². The Hall–Kier alpha value is -2.50. The molecule has 1 aliphatic rings. The van der Waals surface area contributed by atoms with Crippen molar-refractivity contribution in [3.8, 4) is 17.0 Å². The average molecular weight is 231 g/mol. The quantitative estimate of drug-likeness (QED) is 0.770. The average Bonchev–Trinajstić information content (AvgIpc) is 2.75. The highest BCUT2D eigenvalue weighted by Gasteiger charge is 2.17. The first-order valence-corrected chi connectivity index (χ1v) is 5.01. The summed E-state index contributed by atoms with van der Waals surface area (Å²) in [5, 5.41) is 6.52. The van der Waals surface area contributed by atoms with Crippen molar-refractivity contribution in [3.05, 3.63) is 24.3 Å². The zero-order chi connectivity index (χ0) is 11.8. The highest BCUT2D eigenvalue weighted by Crippen LogP contribution is 2.32. The molecule has 6 nitrogen and oxygen atoms in total. The van der Waals surface area contributed by atoms with E-state index in [1.807, 2.05) is 6.07 Å². The van der Waals surface area contributed by atoms with E-state index in [9.17, 15) is 4.79 Å². The monoisotopic (exact) mass is 231 g/mol. The zero-order valence-corrected chi connectivity index (χ0v) is 8.77. The number of anilines is 2. The molecule has 0 saturated heterocycles. The van der Waals surface area contributed by atoms with Crippen LogP contribution in [0.5, 0.6) is 5.75 Å². The second-order valence-corrected chi connectivity index (χ2v) is 3.66. The number of hydrogen-bond donors (Lipinski definition) is 2. The van der Waals surface area contributed by atoms with Crippen LogP contribution < -0.4 is 15.8 Å². The van der Waals surface area contributed by atoms with Gasteiger partial charge in [0.1, 0.15) is 11.4 Å². The summed E-state index contributed by atoms with van der Waals surface area (Å²) in [4.78, 5) is 11.2. The van der Waals surface area contributed by atoms with E-state index in [2.05, 4.69) is 10.5 Å². The molecule has 6 heteroatoms. The van der Waals surface area contributed by atoms with Crippen molar-refractivity contribution < 1.29 is 14.1 Å². The molecule has 1 aromatic carbocycles. The Morgan fingerprint density at radius 2 is 2.24 bits per heavy atom. The molecule has 3 rings (SSSR count). The molecule has 0 spiro atoms. The lowest BCUT2D eigenvalue weighted by atomic mass is 10.1. The van der Waals surface area contributed by atoms with Gasteiger partial charge in [0.15, 0.2) is 6.61 Å². The Kier molecular flexibility index (Phi) is 2.01. The van der Waals surface area contributed by atoms with Crippen LogP contribution in [-0.2, 0) is 4.79 Å². The molecule has 0 aliphatic carbocycles. The van der Waals surface area contributed by atoms with Gasteiger partial charge in [-0.2, -0.15) is 0 Å². The van der Waals surface area contributed by atoms with Crippen LogP contribution in [0.2, 0.25) is 0 Å². The van der Waals surface area contributed by atoms with E-state index in [-0.39, 0.29) is 18.4 Å². The minimum Gasteiger partial charge on any atom is -0.482 e. The van der Waals surface area contributed by atoms with Gasteiger partial charge < -0.3 is 20.3 Å². The maximum absolute atomic E-state index is 11.2. The van der Waals surface area contributed by atoms with Gasteiger partial charge in [-0.15, -0.1) is 0 Å². The maximum Gasteiger partial charge on any atom is 0.262 e. The number of amides is 1. The normalized spacial score (nSPS) is 13.8. The third-order valence-electron chi connectivity index (χ3n) is 2.44. The van der Waals surface area contributed by atoms with Crippen LogP contribution in [0.15, 0.2) is 28.8 Å². The topological polar surface area (TPSA) is 90.4 Å². The minimum atomic E-state index is -0.172. The summed E-state index contributed by atoms with van der Waals surface area (Å²) >= 11 is 0. The third kappa shape index (κ3) is 1.69. The largest absolute Gasteiger partial charge is 0.482 e. The van der Waals surface area contributed by atoms with E-state index >= 15 is 0 Å². The molecule has 0 unspecified atom stereocenters. The number of carbonyl (C=O) groups is 1. The number of aromatic nitrogens is 1. The van der Waals surface area contributed by atoms with Crippen LogP contribution in [0.1, 0.15) is 0 Å². The van der Waals surface area contributed by atoms with Gasteiger partial charge in [-0.25, -0.2) is 0 Å². The molecule has 0 radical (unpaired) electrons. The Morgan fingerprint density at radius 1 is 1.35 bits per heavy atom. The van der Waals surface area contributed by atoms with Crippen LogP contribution in [0.3, 0.4) is 0 Å². The summed E-state index contributed by atoms with van der Waals surface area (Å²) in [7, 11) is 0. The second kappa shape index (κ2) is 3.51. The standard InChI is InChI=1S/C11H9N3O3/c12-10-4-7(14-17-10)6-1-2-9-8(3-6)13-11(15)5-16-9/h1-4H,5,12H2,(H,13,15). The number of nitrogen functional groups attached to an aromatic ring is 1. The van der Waals surface area contributed by atoms with Gasteiger partial charge >= 0.3 is 0 Å². The van der Waals surface area contributed by atoms with Gasteiger partial charge in [-0.3, -0.25) is 4.79 Å². The number of nitrogens with zero attached hydrogens (tertiary/aromatic N) is 1. The van der Waals surface area contributed by atoms with E-state index in [0.29, 0.717) is 17.1 Å². The fraction of sp³-hybridized carbons (Fsp3) is 0.0909. The second-order valence-electron chi connectivity index (χ2n) is 3.66. The van der Waals surface area contributed by atoms with Gasteiger partial charge in [0.2, 0.25) is 5.88 Å². The van der Waals surface area contributed by atoms with Crippen molar-refractivity contribution in [2.75, 3.05) is 17.7 Å². The fourth-order valence-electron chi connectivity index (χ4n) is 1.67. The molecule has 3 N–H and O–H groups in total. The molecule has 1 amide bonds. The number of fused-ring (bicyclic) bond motifs is 1. The Balaban J connectivity index is 2.03. The van der Waals surface area contributed by atoms with Gasteiger partial charge in [-0.05, 0) is 18.2 Å². The van der Waals surface area contributed by atoms with Gasteiger partial charge in [0.25, 0.3) is 5.91 Å². The molecular formula is C11H9N3O3. The zero-order valence-electron chi connectivity index (χ0n) is 8.77. The Morgan fingerprint density at radius 3 is 3.00 bits per heavy atom.